The Labute approximate surface area is 245 Å². The van der Waals surface area contributed by atoms with Crippen LogP contribution in [0, 0.1) is 0 Å². The van der Waals surface area contributed by atoms with Crippen LogP contribution in [0.4, 0.5) is 0 Å². The van der Waals surface area contributed by atoms with Crippen LogP contribution in [-0.2, 0) is 5.41 Å². The molecule has 1 heterocycles. The maximum absolute atomic E-state index is 6.39. The molecular weight excluding hydrogens is 508 g/mol. The van der Waals surface area contributed by atoms with E-state index in [-0.39, 0.29) is 5.41 Å². The van der Waals surface area contributed by atoms with Crippen molar-refractivity contribution >= 4 is 10.8 Å². The molecule has 0 saturated heterocycles. The molecule has 1 heteroatoms. The van der Waals surface area contributed by atoms with Crippen molar-refractivity contribution in [1.29, 1.82) is 0 Å². The summed E-state index contributed by atoms with van der Waals surface area (Å²) in [5, 5.41) is 2.39. The number of rotatable bonds is 3. The van der Waals surface area contributed by atoms with E-state index in [0.29, 0.717) is 0 Å². The van der Waals surface area contributed by atoms with Crippen molar-refractivity contribution in [1.82, 2.24) is 0 Å². The third-order valence-electron chi connectivity index (χ3n) is 9.17. The molecule has 1 nitrogen and oxygen atoms in total. The zero-order valence-corrected chi connectivity index (χ0v) is 22.9. The molecule has 0 aromatic heterocycles. The molecule has 0 saturated carbocycles. The number of hydrogen-bond donors (Lipinski definition) is 0. The first-order chi connectivity index (χ1) is 20.8. The van der Waals surface area contributed by atoms with Gasteiger partial charge in [-0.25, -0.2) is 0 Å². The molecule has 7 aromatic carbocycles. The van der Waals surface area contributed by atoms with Crippen molar-refractivity contribution in [2.45, 2.75) is 5.41 Å². The van der Waals surface area contributed by atoms with Gasteiger partial charge in [0.05, 0.1) is 5.41 Å². The van der Waals surface area contributed by atoms with Crippen molar-refractivity contribution in [2.75, 3.05) is 0 Å². The van der Waals surface area contributed by atoms with Crippen molar-refractivity contribution in [3.8, 4) is 44.9 Å². The Balaban J connectivity index is 1.31. The monoisotopic (exact) mass is 534 g/mol. The first kappa shape index (κ1) is 23.3. The third kappa shape index (κ3) is 3.08. The third-order valence-corrected chi connectivity index (χ3v) is 9.17. The Morgan fingerprint density at radius 2 is 1.02 bits per heavy atom. The van der Waals surface area contributed by atoms with E-state index in [2.05, 4.69) is 152 Å². The van der Waals surface area contributed by atoms with Gasteiger partial charge >= 0.3 is 0 Å². The fourth-order valence-electron chi connectivity index (χ4n) is 7.45. The highest BCUT2D eigenvalue weighted by Crippen LogP contribution is 2.57. The summed E-state index contributed by atoms with van der Waals surface area (Å²) in [6.45, 7) is 0. The molecule has 0 fully saturated rings. The molecule has 1 aliphatic heterocycles. The van der Waals surface area contributed by atoms with Gasteiger partial charge in [-0.1, -0.05) is 140 Å². The molecule has 0 N–H and O–H groups in total. The standard InChI is InChI=1S/C41H26O/c1-3-12-28(13-4-1)41(29-14-5-2-6-15-29)36-20-9-7-16-31(36)35-26-27(22-24-37(35)41)30-23-25-39-40-33(30)18-11-19-34(40)32-17-8-10-21-38(32)42-39/h1-26H. The van der Waals surface area contributed by atoms with E-state index in [1.165, 1.54) is 60.8 Å². The average molecular weight is 535 g/mol. The molecular formula is C41H26O. The molecule has 0 unspecified atom stereocenters. The minimum atomic E-state index is -0.384. The highest BCUT2D eigenvalue weighted by Gasteiger charge is 2.45. The predicted molar refractivity (Wildman–Crippen MR) is 172 cm³/mol. The molecule has 0 bridgehead atoms. The lowest BCUT2D eigenvalue weighted by Crippen LogP contribution is -2.28. The van der Waals surface area contributed by atoms with Gasteiger partial charge in [0.25, 0.3) is 0 Å². The van der Waals surface area contributed by atoms with Gasteiger partial charge in [-0.2, -0.15) is 0 Å². The SMILES string of the molecule is c1ccc(C2(c3ccccc3)c3ccccc3-c3cc(-c4ccc5c6c(cccc46)-c4ccccc4O5)ccc32)cc1. The molecule has 0 amide bonds. The average Bonchev–Trinajstić information content (AvgIpc) is 3.36. The van der Waals surface area contributed by atoms with Gasteiger partial charge in [0, 0.05) is 10.9 Å². The largest absolute Gasteiger partial charge is 0.456 e. The Morgan fingerprint density at radius 3 is 1.81 bits per heavy atom. The van der Waals surface area contributed by atoms with Crippen LogP contribution in [0.15, 0.2) is 158 Å². The summed E-state index contributed by atoms with van der Waals surface area (Å²) in [7, 11) is 0. The van der Waals surface area contributed by atoms with Crippen LogP contribution in [0.3, 0.4) is 0 Å². The fourth-order valence-corrected chi connectivity index (χ4v) is 7.45. The van der Waals surface area contributed by atoms with Crippen molar-refractivity contribution in [3.05, 3.63) is 180 Å². The summed E-state index contributed by atoms with van der Waals surface area (Å²) in [6.07, 6.45) is 0. The second-order valence-corrected chi connectivity index (χ2v) is 11.2. The second-order valence-electron chi connectivity index (χ2n) is 11.2. The first-order valence-electron chi connectivity index (χ1n) is 14.5. The van der Waals surface area contributed by atoms with Gasteiger partial charge in [0.2, 0.25) is 0 Å². The Bertz CT molecular complexity index is 2120. The molecule has 0 spiro atoms. The second kappa shape index (κ2) is 8.80. The highest BCUT2D eigenvalue weighted by atomic mass is 16.5. The number of fused-ring (bicyclic) bond motifs is 5. The highest BCUT2D eigenvalue weighted by molar-refractivity contribution is 6.10. The minimum Gasteiger partial charge on any atom is -0.456 e. The van der Waals surface area contributed by atoms with Crippen LogP contribution in [-0.4, -0.2) is 0 Å². The lowest BCUT2D eigenvalue weighted by molar-refractivity contribution is 0.487. The topological polar surface area (TPSA) is 9.23 Å². The maximum Gasteiger partial charge on any atom is 0.135 e. The van der Waals surface area contributed by atoms with Crippen molar-refractivity contribution in [3.63, 3.8) is 0 Å². The minimum absolute atomic E-state index is 0.384. The summed E-state index contributed by atoms with van der Waals surface area (Å²) in [4.78, 5) is 0. The lowest BCUT2D eigenvalue weighted by atomic mass is 9.67. The van der Waals surface area contributed by atoms with Crippen LogP contribution in [0.2, 0.25) is 0 Å². The predicted octanol–water partition coefficient (Wildman–Crippen LogP) is 10.6. The van der Waals surface area contributed by atoms with E-state index in [0.717, 1.165) is 17.1 Å². The molecule has 196 valence electrons. The molecule has 42 heavy (non-hydrogen) atoms. The smallest absolute Gasteiger partial charge is 0.135 e. The first-order valence-corrected chi connectivity index (χ1v) is 14.5. The van der Waals surface area contributed by atoms with Crippen LogP contribution in [0.1, 0.15) is 22.3 Å². The molecule has 0 radical (unpaired) electrons. The molecule has 7 aromatic rings. The summed E-state index contributed by atoms with van der Waals surface area (Å²) in [6, 6.07) is 57.3. The number of para-hydroxylation sites is 1. The van der Waals surface area contributed by atoms with E-state index >= 15 is 0 Å². The van der Waals surface area contributed by atoms with Crippen LogP contribution < -0.4 is 4.74 Å². The van der Waals surface area contributed by atoms with E-state index in [1.807, 2.05) is 6.07 Å². The number of ether oxygens (including phenoxy) is 1. The summed E-state index contributed by atoms with van der Waals surface area (Å²) >= 11 is 0. The van der Waals surface area contributed by atoms with Crippen molar-refractivity contribution < 1.29 is 4.74 Å². The van der Waals surface area contributed by atoms with E-state index in [9.17, 15) is 0 Å². The number of benzene rings is 7. The van der Waals surface area contributed by atoms with E-state index < -0.39 is 0 Å². The van der Waals surface area contributed by atoms with E-state index in [1.54, 1.807) is 0 Å². The fraction of sp³-hybridized carbons (Fsp3) is 0.0244. The molecule has 0 atom stereocenters. The zero-order chi connectivity index (χ0) is 27.7. The quantitative estimate of drug-likeness (QED) is 0.219. The Kier molecular flexibility index (Phi) is 4.88. The molecule has 1 aliphatic carbocycles. The number of hydrogen-bond acceptors (Lipinski definition) is 1. The van der Waals surface area contributed by atoms with E-state index in [4.69, 9.17) is 4.74 Å². The van der Waals surface area contributed by atoms with Crippen LogP contribution in [0.5, 0.6) is 11.5 Å². The summed E-state index contributed by atoms with van der Waals surface area (Å²) < 4.78 is 6.39. The Morgan fingerprint density at radius 1 is 0.381 bits per heavy atom. The molecule has 2 aliphatic rings. The van der Waals surface area contributed by atoms with Gasteiger partial charge in [-0.05, 0) is 73.7 Å². The maximum atomic E-state index is 6.39. The summed E-state index contributed by atoms with van der Waals surface area (Å²) in [5.41, 5.74) is 12.2. The zero-order valence-electron chi connectivity index (χ0n) is 22.9. The van der Waals surface area contributed by atoms with Gasteiger partial charge in [0.15, 0.2) is 0 Å². The molecule has 9 rings (SSSR count). The summed E-state index contributed by atoms with van der Waals surface area (Å²) in [5.74, 6) is 1.83. The van der Waals surface area contributed by atoms with Gasteiger partial charge in [-0.15, -0.1) is 0 Å². The van der Waals surface area contributed by atoms with Crippen LogP contribution in [0.25, 0.3) is 44.2 Å². The van der Waals surface area contributed by atoms with Gasteiger partial charge < -0.3 is 4.74 Å². The van der Waals surface area contributed by atoms with Crippen LogP contribution >= 0.6 is 0 Å². The normalized spacial score (nSPS) is 13.6. The lowest BCUT2D eigenvalue weighted by Gasteiger charge is -2.33. The van der Waals surface area contributed by atoms with Crippen molar-refractivity contribution in [2.24, 2.45) is 0 Å². The van der Waals surface area contributed by atoms with Gasteiger partial charge in [-0.3, -0.25) is 0 Å². The Hall–Kier alpha value is -5.40. The van der Waals surface area contributed by atoms with Gasteiger partial charge in [0.1, 0.15) is 11.5 Å².